The first-order valence-corrected chi connectivity index (χ1v) is 7.22. The van der Waals surface area contributed by atoms with Crippen LogP contribution >= 0.6 is 15.9 Å². The van der Waals surface area contributed by atoms with Crippen LogP contribution in [0.25, 0.3) is 0 Å². The summed E-state index contributed by atoms with van der Waals surface area (Å²) in [4.78, 5) is 0. The van der Waals surface area contributed by atoms with Gasteiger partial charge in [0.1, 0.15) is 0 Å². The highest BCUT2D eigenvalue weighted by Crippen LogP contribution is 2.33. The molecular formula is C14H22BrNO2. The van der Waals surface area contributed by atoms with Crippen molar-refractivity contribution in [3.63, 3.8) is 0 Å². The summed E-state index contributed by atoms with van der Waals surface area (Å²) in [5, 5.41) is 3.30. The topological polar surface area (TPSA) is 30.5 Å². The lowest BCUT2D eigenvalue weighted by Gasteiger charge is -2.14. The van der Waals surface area contributed by atoms with Gasteiger partial charge in [0.2, 0.25) is 0 Å². The average Bonchev–Trinajstić information content (AvgIpc) is 2.38. The summed E-state index contributed by atoms with van der Waals surface area (Å²) in [6.45, 7) is 6.74. The lowest BCUT2D eigenvalue weighted by Crippen LogP contribution is -2.12. The van der Waals surface area contributed by atoms with Crippen LogP contribution in [-0.2, 0) is 6.54 Å². The maximum atomic E-state index is 5.73. The Balaban J connectivity index is 2.81. The third-order valence-corrected chi connectivity index (χ3v) is 3.39. The van der Waals surface area contributed by atoms with Crippen molar-refractivity contribution in [2.75, 3.05) is 20.3 Å². The summed E-state index contributed by atoms with van der Waals surface area (Å²) in [6, 6.07) is 4.01. The number of ether oxygens (including phenoxy) is 2. The molecule has 18 heavy (non-hydrogen) atoms. The minimum absolute atomic E-state index is 0.728. The Bertz CT molecular complexity index is 369. The number of nitrogens with one attached hydrogen (secondary N) is 1. The van der Waals surface area contributed by atoms with Gasteiger partial charge in [-0.25, -0.2) is 0 Å². The number of benzene rings is 1. The van der Waals surface area contributed by atoms with Gasteiger partial charge in [-0.15, -0.1) is 0 Å². The second-order valence-corrected chi connectivity index (χ2v) is 4.93. The predicted molar refractivity (Wildman–Crippen MR) is 78.5 cm³/mol. The first kappa shape index (κ1) is 15.3. The molecule has 1 rings (SSSR count). The van der Waals surface area contributed by atoms with E-state index in [4.69, 9.17) is 9.47 Å². The van der Waals surface area contributed by atoms with Crippen LogP contribution in [0.1, 0.15) is 32.3 Å². The van der Waals surface area contributed by atoms with Crippen LogP contribution in [0.3, 0.4) is 0 Å². The van der Waals surface area contributed by atoms with Gasteiger partial charge in [-0.3, -0.25) is 0 Å². The normalized spacial score (nSPS) is 10.4. The molecule has 1 aromatic carbocycles. The summed E-state index contributed by atoms with van der Waals surface area (Å²) < 4.78 is 12.2. The Kier molecular flexibility index (Phi) is 7.13. The first-order chi connectivity index (χ1) is 8.72. The van der Waals surface area contributed by atoms with E-state index >= 15 is 0 Å². The third-order valence-electron chi connectivity index (χ3n) is 2.65. The summed E-state index contributed by atoms with van der Waals surface area (Å²) in [5.74, 6) is 1.60. The molecule has 0 atom stereocenters. The van der Waals surface area contributed by atoms with Gasteiger partial charge in [0, 0.05) is 11.0 Å². The van der Waals surface area contributed by atoms with Crippen LogP contribution < -0.4 is 14.8 Å². The number of rotatable bonds is 8. The number of hydrogen-bond donors (Lipinski definition) is 1. The molecule has 4 heteroatoms. The van der Waals surface area contributed by atoms with Gasteiger partial charge < -0.3 is 14.8 Å². The third kappa shape index (κ3) is 4.50. The molecule has 3 nitrogen and oxygen atoms in total. The van der Waals surface area contributed by atoms with E-state index in [1.807, 2.05) is 12.1 Å². The van der Waals surface area contributed by atoms with Crippen molar-refractivity contribution < 1.29 is 9.47 Å². The molecule has 0 heterocycles. The van der Waals surface area contributed by atoms with Gasteiger partial charge in [-0.2, -0.15) is 0 Å². The fourth-order valence-corrected chi connectivity index (χ4v) is 2.03. The zero-order chi connectivity index (χ0) is 13.4. The quantitative estimate of drug-likeness (QED) is 0.741. The van der Waals surface area contributed by atoms with Gasteiger partial charge in [-0.1, -0.05) is 36.2 Å². The maximum absolute atomic E-state index is 5.73. The van der Waals surface area contributed by atoms with E-state index in [0.717, 1.165) is 48.5 Å². The minimum Gasteiger partial charge on any atom is -0.493 e. The Morgan fingerprint density at radius 2 is 2.00 bits per heavy atom. The molecule has 0 aliphatic carbocycles. The van der Waals surface area contributed by atoms with Crippen LogP contribution in [0.4, 0.5) is 0 Å². The molecule has 0 unspecified atom stereocenters. The molecule has 0 radical (unpaired) electrons. The lowest BCUT2D eigenvalue weighted by atomic mass is 10.2. The molecule has 0 spiro atoms. The highest BCUT2D eigenvalue weighted by Gasteiger charge is 2.09. The van der Waals surface area contributed by atoms with E-state index in [9.17, 15) is 0 Å². The summed E-state index contributed by atoms with van der Waals surface area (Å²) >= 11 is 3.57. The fraction of sp³-hybridized carbons (Fsp3) is 0.571. The van der Waals surface area contributed by atoms with Gasteiger partial charge in [0.15, 0.2) is 11.5 Å². The highest BCUT2D eigenvalue weighted by molar-refractivity contribution is 9.10. The smallest absolute Gasteiger partial charge is 0.162 e. The highest BCUT2D eigenvalue weighted by atomic mass is 79.9. The SMILES string of the molecule is CCCCOc1cc(Br)c(CNCC)cc1OC. The van der Waals surface area contributed by atoms with Crippen LogP contribution in [0, 0.1) is 0 Å². The molecule has 1 N–H and O–H groups in total. The zero-order valence-corrected chi connectivity index (χ0v) is 13.0. The van der Waals surface area contributed by atoms with Crippen LogP contribution in [0.5, 0.6) is 11.5 Å². The Morgan fingerprint density at radius 3 is 2.61 bits per heavy atom. The van der Waals surface area contributed by atoms with Crippen LogP contribution in [0.15, 0.2) is 16.6 Å². The molecule has 0 aliphatic rings. The number of methoxy groups -OCH3 is 1. The minimum atomic E-state index is 0.728. The fourth-order valence-electron chi connectivity index (χ4n) is 1.57. The van der Waals surface area contributed by atoms with Crippen molar-refractivity contribution in [3.05, 3.63) is 22.2 Å². The monoisotopic (exact) mass is 315 g/mol. The van der Waals surface area contributed by atoms with E-state index in [2.05, 4.69) is 35.1 Å². The van der Waals surface area contributed by atoms with Gasteiger partial charge in [0.25, 0.3) is 0 Å². The number of halogens is 1. The van der Waals surface area contributed by atoms with Crippen molar-refractivity contribution in [1.82, 2.24) is 5.32 Å². The van der Waals surface area contributed by atoms with Crippen molar-refractivity contribution in [3.8, 4) is 11.5 Å². The molecule has 0 aromatic heterocycles. The second-order valence-electron chi connectivity index (χ2n) is 4.08. The Hall–Kier alpha value is -0.740. The van der Waals surface area contributed by atoms with E-state index in [0.29, 0.717) is 0 Å². The molecule has 0 fully saturated rings. The average molecular weight is 316 g/mol. The molecule has 0 saturated heterocycles. The predicted octanol–water partition coefficient (Wildman–Crippen LogP) is 3.75. The van der Waals surface area contributed by atoms with Crippen molar-refractivity contribution in [2.24, 2.45) is 0 Å². The van der Waals surface area contributed by atoms with E-state index in [-0.39, 0.29) is 0 Å². The van der Waals surface area contributed by atoms with E-state index in [1.165, 1.54) is 5.56 Å². The van der Waals surface area contributed by atoms with Crippen LogP contribution in [-0.4, -0.2) is 20.3 Å². The lowest BCUT2D eigenvalue weighted by molar-refractivity contribution is 0.288. The zero-order valence-electron chi connectivity index (χ0n) is 11.4. The maximum Gasteiger partial charge on any atom is 0.162 e. The largest absolute Gasteiger partial charge is 0.493 e. The molecule has 0 amide bonds. The molecule has 0 aliphatic heterocycles. The second kappa shape index (κ2) is 8.38. The van der Waals surface area contributed by atoms with Crippen molar-refractivity contribution in [2.45, 2.75) is 33.2 Å². The number of hydrogen-bond acceptors (Lipinski definition) is 3. The van der Waals surface area contributed by atoms with E-state index < -0.39 is 0 Å². The molecule has 1 aromatic rings. The summed E-state index contributed by atoms with van der Waals surface area (Å²) in [5.41, 5.74) is 1.18. The molecule has 0 saturated carbocycles. The number of unbranched alkanes of at least 4 members (excludes halogenated alkanes) is 1. The molecule has 102 valence electrons. The van der Waals surface area contributed by atoms with Crippen LogP contribution in [0.2, 0.25) is 0 Å². The molecule has 0 bridgehead atoms. The summed E-state index contributed by atoms with van der Waals surface area (Å²) in [6.07, 6.45) is 2.18. The van der Waals surface area contributed by atoms with Gasteiger partial charge >= 0.3 is 0 Å². The standard InChI is InChI=1S/C14H22BrNO2/c1-4-6-7-18-14-9-12(15)11(10-16-5-2)8-13(14)17-3/h8-9,16H,4-7,10H2,1-3H3. The summed E-state index contributed by atoms with van der Waals surface area (Å²) in [7, 11) is 1.67. The van der Waals surface area contributed by atoms with Crippen molar-refractivity contribution >= 4 is 15.9 Å². The van der Waals surface area contributed by atoms with Gasteiger partial charge in [0.05, 0.1) is 13.7 Å². The van der Waals surface area contributed by atoms with Gasteiger partial charge in [-0.05, 0) is 30.7 Å². The Morgan fingerprint density at radius 1 is 1.22 bits per heavy atom. The van der Waals surface area contributed by atoms with E-state index in [1.54, 1.807) is 7.11 Å². The first-order valence-electron chi connectivity index (χ1n) is 6.42. The van der Waals surface area contributed by atoms with Crippen molar-refractivity contribution in [1.29, 1.82) is 0 Å². The molecular weight excluding hydrogens is 294 g/mol. The Labute approximate surface area is 118 Å².